The van der Waals surface area contributed by atoms with Gasteiger partial charge in [-0.15, -0.1) is 0 Å². The number of likely N-dealkylation sites (tertiary alicyclic amines) is 2. The molecule has 2 aromatic rings. The molecule has 7 heteroatoms. The summed E-state index contributed by atoms with van der Waals surface area (Å²) < 4.78 is 5.58. The SMILES string of the molecule is COc1ccccc1C(CNC(=O)Nc1ccc(C(=O)N2CCC(C)CC2)cc1)N1CCCC1. The fraction of sp³-hybridized carbons (Fsp3) is 0.481. The first-order valence-electron chi connectivity index (χ1n) is 12.4. The smallest absolute Gasteiger partial charge is 0.319 e. The summed E-state index contributed by atoms with van der Waals surface area (Å²) in [6, 6.07) is 15.0. The van der Waals surface area contributed by atoms with Gasteiger partial charge in [-0.3, -0.25) is 9.69 Å². The predicted molar refractivity (Wildman–Crippen MR) is 134 cm³/mol. The van der Waals surface area contributed by atoms with Crippen LogP contribution in [0.3, 0.4) is 0 Å². The molecule has 0 radical (unpaired) electrons. The summed E-state index contributed by atoms with van der Waals surface area (Å²) in [5.41, 5.74) is 2.41. The Balaban J connectivity index is 1.34. The van der Waals surface area contributed by atoms with Crippen LogP contribution in [0.15, 0.2) is 48.5 Å². The Labute approximate surface area is 202 Å². The van der Waals surface area contributed by atoms with Crippen LogP contribution in [0.2, 0.25) is 0 Å². The lowest BCUT2D eigenvalue weighted by Gasteiger charge is -2.30. The Morgan fingerprint density at radius 3 is 2.35 bits per heavy atom. The lowest BCUT2D eigenvalue weighted by atomic mass is 9.98. The maximum absolute atomic E-state index is 12.7. The average Bonchev–Trinajstić information content (AvgIpc) is 3.40. The number of methoxy groups -OCH3 is 1. The second-order valence-electron chi connectivity index (χ2n) is 9.39. The van der Waals surface area contributed by atoms with Gasteiger partial charge in [0.15, 0.2) is 0 Å². The molecule has 1 unspecified atom stereocenters. The van der Waals surface area contributed by atoms with E-state index < -0.39 is 0 Å². The highest BCUT2D eigenvalue weighted by atomic mass is 16.5. The van der Waals surface area contributed by atoms with Crippen molar-refractivity contribution in [3.63, 3.8) is 0 Å². The van der Waals surface area contributed by atoms with Crippen LogP contribution in [-0.4, -0.2) is 61.6 Å². The van der Waals surface area contributed by atoms with E-state index >= 15 is 0 Å². The molecule has 182 valence electrons. The van der Waals surface area contributed by atoms with Crippen molar-refractivity contribution in [3.05, 3.63) is 59.7 Å². The summed E-state index contributed by atoms with van der Waals surface area (Å²) in [7, 11) is 1.68. The molecule has 2 aliphatic rings. The first kappa shape index (κ1) is 24.1. The minimum absolute atomic E-state index is 0.0525. The van der Waals surface area contributed by atoms with Crippen molar-refractivity contribution in [1.29, 1.82) is 0 Å². The van der Waals surface area contributed by atoms with Gasteiger partial charge < -0.3 is 20.3 Å². The zero-order valence-corrected chi connectivity index (χ0v) is 20.3. The normalized spacial score (nSPS) is 17.9. The zero-order valence-electron chi connectivity index (χ0n) is 20.3. The maximum atomic E-state index is 12.7. The minimum Gasteiger partial charge on any atom is -0.496 e. The summed E-state index contributed by atoms with van der Waals surface area (Å²) in [6.45, 7) is 6.36. The van der Waals surface area contributed by atoms with Crippen LogP contribution in [0.4, 0.5) is 10.5 Å². The van der Waals surface area contributed by atoms with Crippen molar-refractivity contribution in [1.82, 2.24) is 15.1 Å². The van der Waals surface area contributed by atoms with Crippen molar-refractivity contribution in [2.24, 2.45) is 5.92 Å². The number of piperidine rings is 1. The monoisotopic (exact) mass is 464 g/mol. The van der Waals surface area contributed by atoms with Crippen molar-refractivity contribution in [2.75, 3.05) is 45.2 Å². The first-order valence-corrected chi connectivity index (χ1v) is 12.4. The number of carbonyl (C=O) groups excluding carboxylic acids is 2. The van der Waals surface area contributed by atoms with Crippen LogP contribution < -0.4 is 15.4 Å². The summed E-state index contributed by atoms with van der Waals surface area (Å²) in [5, 5.41) is 5.92. The van der Waals surface area contributed by atoms with Gasteiger partial charge in [-0.25, -0.2) is 4.79 Å². The fourth-order valence-corrected chi connectivity index (χ4v) is 4.89. The molecule has 3 amide bonds. The van der Waals surface area contributed by atoms with Gasteiger partial charge in [-0.05, 0) is 75.0 Å². The number of nitrogens with zero attached hydrogens (tertiary/aromatic N) is 2. The van der Waals surface area contributed by atoms with Crippen LogP contribution in [0.25, 0.3) is 0 Å². The van der Waals surface area contributed by atoms with E-state index in [0.29, 0.717) is 23.7 Å². The van der Waals surface area contributed by atoms with E-state index in [-0.39, 0.29) is 18.0 Å². The average molecular weight is 465 g/mol. The minimum atomic E-state index is -0.261. The van der Waals surface area contributed by atoms with Gasteiger partial charge in [-0.2, -0.15) is 0 Å². The molecule has 0 saturated carbocycles. The summed E-state index contributed by atoms with van der Waals surface area (Å²) in [5.74, 6) is 1.58. The highest BCUT2D eigenvalue weighted by Gasteiger charge is 2.26. The van der Waals surface area contributed by atoms with Gasteiger partial charge in [0.05, 0.1) is 13.2 Å². The number of hydrogen-bond donors (Lipinski definition) is 2. The molecule has 0 aliphatic carbocycles. The van der Waals surface area contributed by atoms with E-state index in [4.69, 9.17) is 4.74 Å². The van der Waals surface area contributed by atoms with E-state index in [1.807, 2.05) is 23.1 Å². The number of amides is 3. The van der Waals surface area contributed by atoms with Gasteiger partial charge in [-0.1, -0.05) is 25.1 Å². The third-order valence-corrected chi connectivity index (χ3v) is 7.00. The van der Waals surface area contributed by atoms with Crippen molar-refractivity contribution in [2.45, 2.75) is 38.6 Å². The van der Waals surface area contributed by atoms with Crippen LogP contribution in [0, 0.1) is 5.92 Å². The Morgan fingerprint density at radius 2 is 1.68 bits per heavy atom. The fourth-order valence-electron chi connectivity index (χ4n) is 4.89. The number of rotatable bonds is 7. The molecule has 4 rings (SSSR count). The molecule has 7 nitrogen and oxygen atoms in total. The molecule has 1 atom stereocenters. The Kier molecular flexibility index (Phi) is 8.06. The standard InChI is InChI=1S/C27H36N4O3/c1-20-13-17-31(18-14-20)26(32)21-9-11-22(12-10-21)29-27(33)28-19-24(30-15-5-6-16-30)23-7-3-4-8-25(23)34-2/h3-4,7-12,20,24H,5-6,13-19H2,1-2H3,(H2,28,29,33). The first-order chi connectivity index (χ1) is 16.5. The van der Waals surface area contributed by atoms with Crippen molar-refractivity contribution < 1.29 is 14.3 Å². The second kappa shape index (κ2) is 11.4. The van der Waals surface area contributed by atoms with Crippen molar-refractivity contribution >= 4 is 17.6 Å². The Hall–Kier alpha value is -3.06. The second-order valence-corrected chi connectivity index (χ2v) is 9.39. The van der Waals surface area contributed by atoms with E-state index in [2.05, 4.69) is 28.5 Å². The van der Waals surface area contributed by atoms with E-state index in [9.17, 15) is 9.59 Å². The number of ether oxygens (including phenoxy) is 1. The van der Waals surface area contributed by atoms with Gasteiger partial charge >= 0.3 is 6.03 Å². The number of benzene rings is 2. The summed E-state index contributed by atoms with van der Waals surface area (Å²) in [4.78, 5) is 29.7. The Bertz CT molecular complexity index is 964. The number of urea groups is 1. The lowest BCUT2D eigenvalue weighted by Crippen LogP contribution is -2.39. The topological polar surface area (TPSA) is 73.9 Å². The van der Waals surface area contributed by atoms with Gasteiger partial charge in [0.2, 0.25) is 0 Å². The highest BCUT2D eigenvalue weighted by Crippen LogP contribution is 2.31. The molecule has 2 N–H and O–H groups in total. The van der Waals surface area contributed by atoms with Crippen LogP contribution >= 0.6 is 0 Å². The number of anilines is 1. The van der Waals surface area contributed by atoms with E-state index in [1.54, 1.807) is 31.4 Å². The number of nitrogens with one attached hydrogen (secondary N) is 2. The number of carbonyl (C=O) groups is 2. The lowest BCUT2D eigenvalue weighted by molar-refractivity contribution is 0.0697. The maximum Gasteiger partial charge on any atom is 0.319 e. The largest absolute Gasteiger partial charge is 0.496 e. The quantitative estimate of drug-likeness (QED) is 0.632. The molecule has 2 aliphatic heterocycles. The number of hydrogen-bond acceptors (Lipinski definition) is 4. The molecular formula is C27H36N4O3. The van der Waals surface area contributed by atoms with Gasteiger partial charge in [0.1, 0.15) is 5.75 Å². The van der Waals surface area contributed by atoms with Crippen LogP contribution in [0.5, 0.6) is 5.75 Å². The Morgan fingerprint density at radius 1 is 1.00 bits per heavy atom. The molecule has 0 spiro atoms. The molecule has 0 bridgehead atoms. The predicted octanol–water partition coefficient (Wildman–Crippen LogP) is 4.53. The molecule has 2 fully saturated rings. The van der Waals surface area contributed by atoms with Gasteiger partial charge in [0, 0.05) is 36.4 Å². The molecule has 2 heterocycles. The van der Waals surface area contributed by atoms with Crippen molar-refractivity contribution in [3.8, 4) is 5.75 Å². The third-order valence-electron chi connectivity index (χ3n) is 7.00. The summed E-state index contributed by atoms with van der Waals surface area (Å²) in [6.07, 6.45) is 4.44. The molecule has 2 saturated heterocycles. The van der Waals surface area contributed by atoms with Crippen LogP contribution in [0.1, 0.15) is 54.6 Å². The summed E-state index contributed by atoms with van der Waals surface area (Å²) >= 11 is 0. The third kappa shape index (κ3) is 5.89. The highest BCUT2D eigenvalue weighted by molar-refractivity contribution is 5.95. The van der Waals surface area contributed by atoms with Gasteiger partial charge in [0.25, 0.3) is 5.91 Å². The molecular weight excluding hydrogens is 428 g/mol. The van der Waals surface area contributed by atoms with E-state index in [0.717, 1.165) is 50.3 Å². The molecule has 34 heavy (non-hydrogen) atoms. The molecule has 2 aromatic carbocycles. The molecule has 0 aromatic heterocycles. The van der Waals surface area contributed by atoms with E-state index in [1.165, 1.54) is 12.8 Å². The number of para-hydroxylation sites is 1. The zero-order chi connectivity index (χ0) is 23.9. The van der Waals surface area contributed by atoms with Crippen LogP contribution in [-0.2, 0) is 0 Å².